The lowest BCUT2D eigenvalue weighted by Gasteiger charge is -2.16. The van der Waals surface area contributed by atoms with Crippen molar-refractivity contribution < 1.29 is 4.74 Å². The van der Waals surface area contributed by atoms with E-state index in [-0.39, 0.29) is 6.04 Å². The van der Waals surface area contributed by atoms with Crippen LogP contribution in [0.15, 0.2) is 48.5 Å². The van der Waals surface area contributed by atoms with Crippen molar-refractivity contribution in [3.63, 3.8) is 0 Å². The Morgan fingerprint density at radius 3 is 2.05 bits per heavy atom. The first-order chi connectivity index (χ1) is 9.13. The Balaban J connectivity index is 2.30. The predicted octanol–water partition coefficient (Wildman–Crippen LogP) is 3.87. The third kappa shape index (κ3) is 2.96. The molecule has 0 aliphatic heterocycles. The highest BCUT2D eigenvalue weighted by Crippen LogP contribution is 2.28. The molecule has 2 aromatic rings. The molecule has 0 unspecified atom stereocenters. The molecule has 2 N–H and O–H groups in total. The lowest BCUT2D eigenvalue weighted by Crippen LogP contribution is -2.13. The van der Waals surface area contributed by atoms with Gasteiger partial charge in [-0.1, -0.05) is 56.3 Å². The highest BCUT2D eigenvalue weighted by Gasteiger charge is 2.13. The number of hydrogen-bond acceptors (Lipinski definition) is 2. The maximum absolute atomic E-state index is 6.34. The molecule has 0 amide bonds. The average molecular weight is 255 g/mol. The first kappa shape index (κ1) is 13.6. The van der Waals surface area contributed by atoms with Crippen LogP contribution in [0, 0.1) is 0 Å². The van der Waals surface area contributed by atoms with Gasteiger partial charge in [0.2, 0.25) is 0 Å². The fourth-order valence-corrected chi connectivity index (χ4v) is 2.19. The summed E-state index contributed by atoms with van der Waals surface area (Å²) in [7, 11) is 1.67. The Labute approximate surface area is 115 Å². The van der Waals surface area contributed by atoms with Crippen LogP contribution >= 0.6 is 0 Å². The first-order valence-electron chi connectivity index (χ1n) is 6.62. The van der Waals surface area contributed by atoms with Gasteiger partial charge in [0.05, 0.1) is 13.2 Å². The summed E-state index contributed by atoms with van der Waals surface area (Å²) in [6.45, 7) is 4.38. The average Bonchev–Trinajstić information content (AvgIpc) is 2.46. The molecule has 1 atom stereocenters. The summed E-state index contributed by atoms with van der Waals surface area (Å²) in [4.78, 5) is 0. The number of benzene rings is 2. The van der Waals surface area contributed by atoms with E-state index in [0.717, 1.165) is 16.9 Å². The number of ether oxygens (including phenoxy) is 1. The molecule has 0 saturated heterocycles. The summed E-state index contributed by atoms with van der Waals surface area (Å²) in [6, 6.07) is 16.2. The molecule has 19 heavy (non-hydrogen) atoms. The minimum atomic E-state index is -0.155. The van der Waals surface area contributed by atoms with Gasteiger partial charge in [0.25, 0.3) is 0 Å². The van der Waals surface area contributed by atoms with Gasteiger partial charge in [0, 0.05) is 5.56 Å². The van der Waals surface area contributed by atoms with Gasteiger partial charge in [-0.05, 0) is 23.1 Å². The van der Waals surface area contributed by atoms with Crippen LogP contribution < -0.4 is 10.5 Å². The van der Waals surface area contributed by atoms with Gasteiger partial charge in [-0.3, -0.25) is 0 Å². The maximum Gasteiger partial charge on any atom is 0.123 e. The summed E-state index contributed by atoms with van der Waals surface area (Å²) in [6.07, 6.45) is 0. The zero-order chi connectivity index (χ0) is 13.8. The standard InChI is InChI=1S/C17H21NO/c1-12(2)13-8-10-14(11-9-13)17(18)15-6-4-5-7-16(15)19-3/h4-12,17H,18H2,1-3H3/t17-/m1/s1. The van der Waals surface area contributed by atoms with Crippen molar-refractivity contribution in [2.45, 2.75) is 25.8 Å². The molecule has 0 spiro atoms. The van der Waals surface area contributed by atoms with Crippen molar-refractivity contribution in [1.29, 1.82) is 0 Å². The van der Waals surface area contributed by atoms with E-state index >= 15 is 0 Å². The molecule has 0 aromatic heterocycles. The maximum atomic E-state index is 6.34. The highest BCUT2D eigenvalue weighted by molar-refractivity contribution is 5.41. The van der Waals surface area contributed by atoms with Crippen molar-refractivity contribution in [1.82, 2.24) is 0 Å². The van der Waals surface area contributed by atoms with Crippen molar-refractivity contribution in [2.24, 2.45) is 5.73 Å². The van der Waals surface area contributed by atoms with Crippen LogP contribution in [0.4, 0.5) is 0 Å². The number of hydrogen-bond donors (Lipinski definition) is 1. The van der Waals surface area contributed by atoms with Crippen molar-refractivity contribution in [3.05, 3.63) is 65.2 Å². The van der Waals surface area contributed by atoms with E-state index < -0.39 is 0 Å². The molecule has 0 bridgehead atoms. The molecule has 0 aliphatic carbocycles. The van der Waals surface area contributed by atoms with E-state index in [1.807, 2.05) is 24.3 Å². The monoisotopic (exact) mass is 255 g/mol. The smallest absolute Gasteiger partial charge is 0.123 e. The van der Waals surface area contributed by atoms with Crippen molar-refractivity contribution in [3.8, 4) is 5.75 Å². The molecular weight excluding hydrogens is 234 g/mol. The largest absolute Gasteiger partial charge is 0.496 e. The van der Waals surface area contributed by atoms with E-state index in [0.29, 0.717) is 5.92 Å². The Morgan fingerprint density at radius 1 is 0.895 bits per heavy atom. The van der Waals surface area contributed by atoms with Crippen LogP contribution in [0.5, 0.6) is 5.75 Å². The number of methoxy groups -OCH3 is 1. The Kier molecular flexibility index (Phi) is 4.23. The van der Waals surface area contributed by atoms with Gasteiger partial charge in [-0.25, -0.2) is 0 Å². The Morgan fingerprint density at radius 2 is 1.47 bits per heavy atom. The molecule has 0 heterocycles. The highest BCUT2D eigenvalue weighted by atomic mass is 16.5. The molecule has 2 nitrogen and oxygen atoms in total. The molecule has 100 valence electrons. The van der Waals surface area contributed by atoms with Gasteiger partial charge in [-0.2, -0.15) is 0 Å². The lowest BCUT2D eigenvalue weighted by atomic mass is 9.95. The van der Waals surface area contributed by atoms with Crippen molar-refractivity contribution >= 4 is 0 Å². The first-order valence-corrected chi connectivity index (χ1v) is 6.62. The third-order valence-corrected chi connectivity index (χ3v) is 3.44. The van der Waals surface area contributed by atoms with E-state index in [2.05, 4.69) is 38.1 Å². The second kappa shape index (κ2) is 5.89. The number of para-hydroxylation sites is 1. The SMILES string of the molecule is COc1ccccc1[C@H](N)c1ccc(C(C)C)cc1. The van der Waals surface area contributed by atoms with Gasteiger partial charge in [0.15, 0.2) is 0 Å². The summed E-state index contributed by atoms with van der Waals surface area (Å²) >= 11 is 0. The fourth-order valence-electron chi connectivity index (χ4n) is 2.19. The number of nitrogens with two attached hydrogens (primary N) is 1. The molecule has 2 heteroatoms. The van der Waals surface area contributed by atoms with Crippen LogP contribution in [0.1, 0.15) is 42.5 Å². The molecular formula is C17H21NO. The van der Waals surface area contributed by atoms with Crippen LogP contribution in [0.25, 0.3) is 0 Å². The van der Waals surface area contributed by atoms with Gasteiger partial charge in [0.1, 0.15) is 5.75 Å². The normalized spacial score (nSPS) is 12.5. The summed E-state index contributed by atoms with van der Waals surface area (Å²) in [5, 5.41) is 0. The predicted molar refractivity (Wildman–Crippen MR) is 79.6 cm³/mol. The van der Waals surface area contributed by atoms with Crippen LogP contribution in [-0.4, -0.2) is 7.11 Å². The summed E-state index contributed by atoms with van der Waals surface area (Å²) in [5.74, 6) is 1.37. The minimum absolute atomic E-state index is 0.155. The Bertz CT molecular complexity index is 531. The topological polar surface area (TPSA) is 35.2 Å². The lowest BCUT2D eigenvalue weighted by molar-refractivity contribution is 0.408. The van der Waals surface area contributed by atoms with Crippen LogP contribution in [-0.2, 0) is 0 Å². The zero-order valence-corrected chi connectivity index (χ0v) is 11.8. The fraction of sp³-hybridized carbons (Fsp3) is 0.294. The summed E-state index contributed by atoms with van der Waals surface area (Å²) in [5.41, 5.74) is 9.79. The molecule has 0 aliphatic rings. The third-order valence-electron chi connectivity index (χ3n) is 3.44. The Hall–Kier alpha value is -1.80. The minimum Gasteiger partial charge on any atom is -0.496 e. The van der Waals surface area contributed by atoms with Gasteiger partial charge < -0.3 is 10.5 Å². The van der Waals surface area contributed by atoms with Crippen LogP contribution in [0.3, 0.4) is 0 Å². The molecule has 0 radical (unpaired) electrons. The molecule has 2 aromatic carbocycles. The molecule has 0 saturated carbocycles. The second-order valence-electron chi connectivity index (χ2n) is 5.04. The molecule has 2 rings (SSSR count). The van der Waals surface area contributed by atoms with Crippen LogP contribution in [0.2, 0.25) is 0 Å². The van der Waals surface area contributed by atoms with E-state index in [4.69, 9.17) is 10.5 Å². The van der Waals surface area contributed by atoms with E-state index in [9.17, 15) is 0 Å². The quantitative estimate of drug-likeness (QED) is 0.900. The van der Waals surface area contributed by atoms with E-state index in [1.54, 1.807) is 7.11 Å². The van der Waals surface area contributed by atoms with Gasteiger partial charge >= 0.3 is 0 Å². The zero-order valence-electron chi connectivity index (χ0n) is 11.8. The van der Waals surface area contributed by atoms with E-state index in [1.165, 1.54) is 5.56 Å². The van der Waals surface area contributed by atoms with Gasteiger partial charge in [-0.15, -0.1) is 0 Å². The second-order valence-corrected chi connectivity index (χ2v) is 5.04. The number of rotatable bonds is 4. The van der Waals surface area contributed by atoms with Crippen molar-refractivity contribution in [2.75, 3.05) is 7.11 Å². The molecule has 0 fully saturated rings. The summed E-state index contributed by atoms with van der Waals surface area (Å²) < 4.78 is 5.37.